The maximum Gasteiger partial charge on any atom is 0.221 e. The van der Waals surface area contributed by atoms with Gasteiger partial charge in [0.15, 0.2) is 5.82 Å². The lowest BCUT2D eigenvalue weighted by Gasteiger charge is -2.35. The second-order valence-electron chi connectivity index (χ2n) is 7.41. The molecule has 3 heterocycles. The Morgan fingerprint density at radius 1 is 1.19 bits per heavy atom. The molecule has 3 aromatic rings. The minimum atomic E-state index is -0.278. The number of nitrogens with zero attached hydrogens (tertiary/aromatic N) is 6. The Kier molecular flexibility index (Phi) is 6.13. The highest BCUT2D eigenvalue weighted by Crippen LogP contribution is 2.24. The molecule has 2 aromatic heterocycles. The monoisotopic (exact) mass is 423 g/mol. The molecule has 0 aliphatic carbocycles. The number of anilines is 2. The maximum absolute atomic E-state index is 13.8. The van der Waals surface area contributed by atoms with E-state index < -0.39 is 0 Å². The highest BCUT2D eigenvalue weighted by molar-refractivity contribution is 5.53. The van der Waals surface area contributed by atoms with Gasteiger partial charge in [-0.2, -0.15) is 10.1 Å². The quantitative estimate of drug-likeness (QED) is 0.652. The number of hydrogen-bond donors (Lipinski definition) is 1. The van der Waals surface area contributed by atoms with Crippen molar-refractivity contribution in [3.8, 4) is 11.6 Å². The van der Waals surface area contributed by atoms with E-state index in [9.17, 15) is 4.39 Å². The van der Waals surface area contributed by atoms with Crippen LogP contribution in [-0.2, 0) is 0 Å². The number of halogens is 1. The fraction of sp³-hybridized carbons (Fsp3) is 0.318. The topological polar surface area (TPSA) is 85.3 Å². The third-order valence-electron chi connectivity index (χ3n) is 5.41. The van der Waals surface area contributed by atoms with Gasteiger partial charge in [0.25, 0.3) is 0 Å². The van der Waals surface area contributed by atoms with Crippen molar-refractivity contribution in [1.82, 2.24) is 24.6 Å². The van der Waals surface area contributed by atoms with E-state index in [0.29, 0.717) is 11.6 Å². The number of methoxy groups -OCH3 is 1. The Hall–Kier alpha value is -3.46. The van der Waals surface area contributed by atoms with Crippen LogP contribution in [0.4, 0.5) is 16.0 Å². The summed E-state index contributed by atoms with van der Waals surface area (Å²) in [4.78, 5) is 12.7. The van der Waals surface area contributed by atoms with Crippen LogP contribution in [-0.4, -0.2) is 64.5 Å². The van der Waals surface area contributed by atoms with Crippen LogP contribution in [0.25, 0.3) is 11.9 Å². The highest BCUT2D eigenvalue weighted by Gasteiger charge is 2.17. The summed E-state index contributed by atoms with van der Waals surface area (Å²) in [5.74, 6) is 1.14. The highest BCUT2D eigenvalue weighted by atomic mass is 19.1. The van der Waals surface area contributed by atoms with Crippen LogP contribution in [0.2, 0.25) is 0 Å². The van der Waals surface area contributed by atoms with Crippen molar-refractivity contribution >= 4 is 17.7 Å². The van der Waals surface area contributed by atoms with E-state index >= 15 is 0 Å². The van der Waals surface area contributed by atoms with Crippen molar-refractivity contribution in [1.29, 1.82) is 0 Å². The van der Waals surface area contributed by atoms with Crippen LogP contribution >= 0.6 is 0 Å². The molecule has 0 spiro atoms. The number of nitrogen functional groups attached to an aromatic ring is 1. The summed E-state index contributed by atoms with van der Waals surface area (Å²) in [6, 6.07) is 6.61. The van der Waals surface area contributed by atoms with E-state index in [1.54, 1.807) is 30.1 Å². The number of piperazine rings is 1. The molecule has 0 unspecified atom stereocenters. The number of benzene rings is 1. The average molecular weight is 423 g/mol. The van der Waals surface area contributed by atoms with Crippen molar-refractivity contribution < 1.29 is 9.13 Å². The number of ether oxygens (including phenoxy) is 1. The Labute approximate surface area is 180 Å². The second kappa shape index (κ2) is 9.13. The Morgan fingerprint density at radius 3 is 2.74 bits per heavy atom. The molecule has 31 heavy (non-hydrogen) atoms. The van der Waals surface area contributed by atoms with Gasteiger partial charge in [-0.25, -0.2) is 14.1 Å². The van der Waals surface area contributed by atoms with Gasteiger partial charge >= 0.3 is 0 Å². The van der Waals surface area contributed by atoms with Gasteiger partial charge in [-0.1, -0.05) is 12.2 Å². The maximum atomic E-state index is 13.8. The Bertz CT molecular complexity index is 1070. The van der Waals surface area contributed by atoms with Crippen molar-refractivity contribution in [2.75, 3.05) is 50.5 Å². The molecular formula is C22H26FN7O. The summed E-state index contributed by atoms with van der Waals surface area (Å²) in [6.45, 7) is 6.32. The van der Waals surface area contributed by atoms with Gasteiger partial charge in [0.05, 0.1) is 19.0 Å². The first-order valence-electron chi connectivity index (χ1n) is 10.2. The first-order valence-corrected chi connectivity index (χ1v) is 10.2. The predicted octanol–water partition coefficient (Wildman–Crippen LogP) is 2.54. The van der Waals surface area contributed by atoms with Crippen LogP contribution in [0, 0.1) is 12.7 Å². The summed E-state index contributed by atoms with van der Waals surface area (Å²) in [6.07, 6.45) is 7.66. The summed E-state index contributed by atoms with van der Waals surface area (Å²) in [5.41, 5.74) is 8.55. The standard InChI is InChI=1S/C22H26FN7O/c1-16-17(15-26-30(16)21-5-6-25-22(24)27-21)4-3-7-28-8-10-29(11-9-28)19-12-18(23)13-20(14-19)31-2/h3-6,12-15H,7-11H2,1-2H3,(H2,24,25,27). The normalized spacial score (nSPS) is 15.0. The van der Waals surface area contributed by atoms with Gasteiger partial charge in [0, 0.05) is 68.4 Å². The van der Waals surface area contributed by atoms with Crippen molar-refractivity contribution in [2.45, 2.75) is 6.92 Å². The molecule has 9 heteroatoms. The zero-order valence-electron chi connectivity index (χ0n) is 17.7. The Balaban J connectivity index is 1.34. The summed E-state index contributed by atoms with van der Waals surface area (Å²) in [7, 11) is 1.55. The van der Waals surface area contributed by atoms with Crippen LogP contribution < -0.4 is 15.4 Å². The molecule has 8 nitrogen and oxygen atoms in total. The minimum Gasteiger partial charge on any atom is -0.497 e. The third kappa shape index (κ3) is 4.83. The molecule has 162 valence electrons. The molecule has 1 aliphatic rings. The Morgan fingerprint density at radius 2 is 2.00 bits per heavy atom. The van der Waals surface area contributed by atoms with Crippen LogP contribution in [0.3, 0.4) is 0 Å². The average Bonchev–Trinajstić information content (AvgIpc) is 3.14. The van der Waals surface area contributed by atoms with Crippen LogP contribution in [0.15, 0.2) is 42.7 Å². The van der Waals surface area contributed by atoms with Gasteiger partial charge in [-0.3, -0.25) is 4.90 Å². The third-order valence-corrected chi connectivity index (χ3v) is 5.41. The van der Waals surface area contributed by atoms with Gasteiger partial charge in [-0.15, -0.1) is 0 Å². The van der Waals surface area contributed by atoms with E-state index in [1.807, 2.05) is 19.2 Å². The van der Waals surface area contributed by atoms with Crippen molar-refractivity contribution in [2.24, 2.45) is 0 Å². The van der Waals surface area contributed by atoms with E-state index in [0.717, 1.165) is 49.7 Å². The van der Waals surface area contributed by atoms with E-state index in [-0.39, 0.29) is 11.8 Å². The first-order chi connectivity index (χ1) is 15.0. The molecule has 0 saturated carbocycles. The van der Waals surface area contributed by atoms with E-state index in [1.165, 1.54) is 6.07 Å². The molecule has 0 bridgehead atoms. The lowest BCUT2D eigenvalue weighted by atomic mass is 10.2. The number of rotatable bonds is 6. The molecule has 1 saturated heterocycles. The molecule has 1 aromatic carbocycles. The van der Waals surface area contributed by atoms with Gasteiger partial charge < -0.3 is 15.4 Å². The lowest BCUT2D eigenvalue weighted by Crippen LogP contribution is -2.46. The van der Waals surface area contributed by atoms with Crippen molar-refractivity contribution in [3.05, 3.63) is 59.8 Å². The van der Waals surface area contributed by atoms with Gasteiger partial charge in [0.2, 0.25) is 5.95 Å². The fourth-order valence-corrected chi connectivity index (χ4v) is 3.66. The number of hydrogen-bond acceptors (Lipinski definition) is 7. The molecule has 0 amide bonds. The summed E-state index contributed by atoms with van der Waals surface area (Å²) in [5, 5.41) is 4.42. The van der Waals surface area contributed by atoms with Gasteiger partial charge in [-0.05, 0) is 13.0 Å². The van der Waals surface area contributed by atoms with Crippen LogP contribution in [0.5, 0.6) is 5.75 Å². The molecule has 4 rings (SSSR count). The zero-order valence-corrected chi connectivity index (χ0v) is 17.7. The minimum absolute atomic E-state index is 0.223. The molecule has 1 fully saturated rings. The number of nitrogens with two attached hydrogens (primary N) is 1. The predicted molar refractivity (Wildman–Crippen MR) is 119 cm³/mol. The fourth-order valence-electron chi connectivity index (χ4n) is 3.66. The zero-order chi connectivity index (χ0) is 21.8. The first kappa shape index (κ1) is 20.8. The van der Waals surface area contributed by atoms with Crippen molar-refractivity contribution in [3.63, 3.8) is 0 Å². The molecule has 0 radical (unpaired) electrons. The smallest absolute Gasteiger partial charge is 0.221 e. The van der Waals surface area contributed by atoms with Crippen LogP contribution in [0.1, 0.15) is 11.3 Å². The molecular weight excluding hydrogens is 397 g/mol. The van der Waals surface area contributed by atoms with Gasteiger partial charge in [0.1, 0.15) is 11.6 Å². The van der Waals surface area contributed by atoms with E-state index in [2.05, 4.69) is 37.0 Å². The summed E-state index contributed by atoms with van der Waals surface area (Å²) < 4.78 is 20.7. The largest absolute Gasteiger partial charge is 0.497 e. The number of aromatic nitrogens is 4. The lowest BCUT2D eigenvalue weighted by molar-refractivity contribution is 0.284. The molecule has 1 aliphatic heterocycles. The molecule has 0 atom stereocenters. The SMILES string of the molecule is COc1cc(F)cc(N2CCN(CC=Cc3cnn(-c4ccnc(N)n4)c3C)CC2)c1. The summed E-state index contributed by atoms with van der Waals surface area (Å²) >= 11 is 0. The van der Waals surface area contributed by atoms with E-state index in [4.69, 9.17) is 10.5 Å². The molecule has 2 N–H and O–H groups in total. The second-order valence-corrected chi connectivity index (χ2v) is 7.41.